The van der Waals surface area contributed by atoms with Crippen LogP contribution in [-0.4, -0.2) is 123 Å². The minimum absolute atomic E-state index is 0. The number of aliphatic carboxylic acids is 2. The Bertz CT molecular complexity index is 518. The van der Waals surface area contributed by atoms with Crippen LogP contribution in [-0.2, 0) is 9.59 Å². The van der Waals surface area contributed by atoms with Gasteiger partial charge in [-0.2, -0.15) is 0 Å². The van der Waals surface area contributed by atoms with E-state index in [1.54, 1.807) is 13.8 Å². The van der Waals surface area contributed by atoms with Gasteiger partial charge in [0.2, 0.25) is 0 Å². The Morgan fingerprint density at radius 1 is 0.714 bits per heavy atom. The molecule has 0 bridgehead atoms. The summed E-state index contributed by atoms with van der Waals surface area (Å²) in [7, 11) is 0. The molecule has 10 nitrogen and oxygen atoms in total. The number of carboxylic acids is 2. The molecule has 0 saturated carbocycles. The Hall–Kier alpha value is -0.560. The molecule has 0 aromatic heterocycles. The largest absolute Gasteiger partial charge is 2.00 e. The van der Waals surface area contributed by atoms with Gasteiger partial charge in [0, 0.05) is 51.4 Å². The number of aliphatic hydroxyl groups excluding tert-OH is 2. The molecular weight excluding hydrogens is 480 g/mol. The third-order valence-electron chi connectivity index (χ3n) is 4.59. The molecule has 0 aromatic carbocycles. The summed E-state index contributed by atoms with van der Waals surface area (Å²) in [6.45, 7) is 10.5. The van der Waals surface area contributed by atoms with Gasteiger partial charge in [0.1, 0.15) is 0 Å². The topological polar surface area (TPSA) is 169 Å². The molecule has 0 amide bonds. The fraction of sp³-hybridized carbons (Fsp3) is 0.750. The first kappa shape index (κ1) is 39.0. The Morgan fingerprint density at radius 3 is 1.34 bits per heavy atom. The molecule has 0 aliphatic carbocycles. The van der Waals surface area contributed by atoms with Gasteiger partial charge in [-0.3, -0.25) is 0 Å². The van der Waals surface area contributed by atoms with Crippen LogP contribution in [0.3, 0.4) is 0 Å². The van der Waals surface area contributed by atoms with Gasteiger partial charge in [-0.25, -0.2) is 0 Å². The number of allylic oxidation sites excluding steroid dienone is 2. The number of hydrogen-bond acceptors (Lipinski definition) is 10. The maximum atomic E-state index is 10.4. The number of rotatable bonds is 20. The molecule has 0 aliphatic rings. The van der Waals surface area contributed by atoms with Gasteiger partial charge in [-0.1, -0.05) is 38.2 Å². The molecule has 6 N–H and O–H groups in total. The fourth-order valence-corrected chi connectivity index (χ4v) is 2.46. The predicted octanol–water partition coefficient (Wildman–Crippen LogP) is -2.34. The molecule has 4 atom stereocenters. The van der Waals surface area contributed by atoms with E-state index in [9.17, 15) is 30.0 Å². The second-order valence-electron chi connectivity index (χ2n) is 7.94. The van der Waals surface area contributed by atoms with Gasteiger partial charge >= 0.3 is 37.7 Å². The van der Waals surface area contributed by atoms with E-state index in [4.69, 9.17) is 0 Å². The number of carboxylic acid groups (broad SMARTS) is 2. The van der Waals surface area contributed by atoms with Gasteiger partial charge in [0.15, 0.2) is 0 Å². The van der Waals surface area contributed by atoms with Crippen LogP contribution in [0.1, 0.15) is 53.4 Å². The van der Waals surface area contributed by atoms with E-state index in [2.05, 4.69) is 21.3 Å². The van der Waals surface area contributed by atoms with Crippen LogP contribution in [0.5, 0.6) is 0 Å². The standard InChI is InChI=1S/2C12H24N2O3.Ca/c2*1-3-4-5-6-11(15)9-13-7-8-14-10(2)12(16)17;/h2*4-5,10-11,13-15H,3,6-9H2,1-2H3,(H,16,17);/q;;+2/p-2/b2*5-4+;. The van der Waals surface area contributed by atoms with Crippen LogP contribution >= 0.6 is 0 Å². The molecule has 0 saturated heterocycles. The van der Waals surface area contributed by atoms with Gasteiger partial charge in [0.25, 0.3) is 0 Å². The van der Waals surface area contributed by atoms with Crippen molar-refractivity contribution in [3.8, 4) is 0 Å². The van der Waals surface area contributed by atoms with Crippen LogP contribution in [0.25, 0.3) is 0 Å². The van der Waals surface area contributed by atoms with E-state index in [1.807, 2.05) is 38.2 Å². The van der Waals surface area contributed by atoms with Crippen molar-refractivity contribution in [1.82, 2.24) is 21.3 Å². The van der Waals surface area contributed by atoms with Crippen LogP contribution in [0.15, 0.2) is 24.3 Å². The molecule has 0 radical (unpaired) electrons. The minimum Gasteiger partial charge on any atom is -0.548 e. The van der Waals surface area contributed by atoms with Crippen molar-refractivity contribution in [2.24, 2.45) is 0 Å². The minimum atomic E-state index is -1.10. The average Bonchev–Trinajstić information content (AvgIpc) is 2.79. The zero-order valence-electron chi connectivity index (χ0n) is 21.9. The van der Waals surface area contributed by atoms with Crippen molar-refractivity contribution < 1.29 is 30.0 Å². The van der Waals surface area contributed by atoms with Crippen LogP contribution in [0, 0.1) is 0 Å². The summed E-state index contributed by atoms with van der Waals surface area (Å²) in [4.78, 5) is 20.8. The van der Waals surface area contributed by atoms with E-state index in [1.165, 1.54) is 0 Å². The molecule has 11 heteroatoms. The maximum absolute atomic E-state index is 10.4. The fourth-order valence-electron chi connectivity index (χ4n) is 2.46. The van der Waals surface area contributed by atoms with Gasteiger partial charge in [0.05, 0.1) is 24.1 Å². The summed E-state index contributed by atoms with van der Waals surface area (Å²) in [5, 5.41) is 51.5. The average molecular weight is 527 g/mol. The van der Waals surface area contributed by atoms with Crippen molar-refractivity contribution in [3.05, 3.63) is 24.3 Å². The number of hydrogen-bond donors (Lipinski definition) is 6. The first-order valence-corrected chi connectivity index (χ1v) is 12.1. The second-order valence-corrected chi connectivity index (χ2v) is 7.94. The summed E-state index contributed by atoms with van der Waals surface area (Å²) >= 11 is 0. The third-order valence-corrected chi connectivity index (χ3v) is 4.59. The van der Waals surface area contributed by atoms with Crippen LogP contribution in [0.4, 0.5) is 0 Å². The summed E-state index contributed by atoms with van der Waals surface area (Å²) in [5.74, 6) is -2.20. The summed E-state index contributed by atoms with van der Waals surface area (Å²) < 4.78 is 0. The first-order valence-electron chi connectivity index (χ1n) is 12.1. The first-order chi connectivity index (χ1) is 16.1. The summed E-state index contributed by atoms with van der Waals surface area (Å²) in [5.41, 5.74) is 0. The molecule has 0 fully saturated rings. The molecule has 4 unspecified atom stereocenters. The molecular formula is C24H46CaN4O6. The normalized spacial score (nSPS) is 14.6. The van der Waals surface area contributed by atoms with Gasteiger partial charge in [-0.15, -0.1) is 0 Å². The summed E-state index contributed by atoms with van der Waals surface area (Å²) in [6, 6.07) is -1.29. The Labute approximate surface area is 241 Å². The zero-order valence-corrected chi connectivity index (χ0v) is 24.1. The SMILES string of the molecule is CC/C=C/CC(O)CNCCNC(C)C(=O)[O-].CC/C=C/CC(O)CNCCNC(C)C(=O)[O-].[Ca+2]. The van der Waals surface area contributed by atoms with E-state index in [0.717, 1.165) is 12.8 Å². The molecule has 0 spiro atoms. The van der Waals surface area contributed by atoms with Crippen LogP contribution in [0.2, 0.25) is 0 Å². The quantitative estimate of drug-likeness (QED) is 0.0574. The Morgan fingerprint density at radius 2 is 1.06 bits per heavy atom. The monoisotopic (exact) mass is 526 g/mol. The zero-order chi connectivity index (χ0) is 26.2. The molecule has 0 aromatic rings. The molecule has 200 valence electrons. The number of carbonyl (C=O) groups is 2. The van der Waals surface area contributed by atoms with E-state index in [0.29, 0.717) is 52.1 Å². The Kier molecular flexibility index (Phi) is 31.2. The number of carbonyl (C=O) groups excluding carboxylic acids is 2. The van der Waals surface area contributed by atoms with E-state index in [-0.39, 0.29) is 37.7 Å². The second kappa shape index (κ2) is 28.0. The van der Waals surface area contributed by atoms with Crippen molar-refractivity contribution in [3.63, 3.8) is 0 Å². The maximum Gasteiger partial charge on any atom is 2.00 e. The predicted molar refractivity (Wildman–Crippen MR) is 137 cm³/mol. The molecule has 35 heavy (non-hydrogen) atoms. The Balaban J connectivity index is -0.000000569. The van der Waals surface area contributed by atoms with Crippen molar-refractivity contribution in [1.29, 1.82) is 0 Å². The molecule has 0 aliphatic heterocycles. The molecule has 0 heterocycles. The van der Waals surface area contributed by atoms with Crippen molar-refractivity contribution >= 4 is 49.7 Å². The van der Waals surface area contributed by atoms with Crippen LogP contribution < -0.4 is 31.5 Å². The van der Waals surface area contributed by atoms with E-state index < -0.39 is 36.2 Å². The number of nitrogens with one attached hydrogen (secondary N) is 4. The van der Waals surface area contributed by atoms with Crippen molar-refractivity contribution in [2.45, 2.75) is 77.7 Å². The van der Waals surface area contributed by atoms with Gasteiger partial charge < -0.3 is 51.3 Å². The summed E-state index contributed by atoms with van der Waals surface area (Å²) in [6.07, 6.45) is 10.4. The molecule has 0 rings (SSSR count). The number of aliphatic hydroxyl groups is 2. The smallest absolute Gasteiger partial charge is 0.548 e. The van der Waals surface area contributed by atoms with Crippen molar-refractivity contribution in [2.75, 3.05) is 39.3 Å². The third kappa shape index (κ3) is 29.6. The van der Waals surface area contributed by atoms with E-state index >= 15 is 0 Å². The van der Waals surface area contributed by atoms with Gasteiger partial charge in [-0.05, 0) is 39.5 Å².